The van der Waals surface area contributed by atoms with E-state index in [1.165, 1.54) is 5.56 Å². The maximum absolute atomic E-state index is 5.72. The predicted molar refractivity (Wildman–Crippen MR) is 86.1 cm³/mol. The van der Waals surface area contributed by atoms with Gasteiger partial charge in [-0.3, -0.25) is 9.80 Å². The summed E-state index contributed by atoms with van der Waals surface area (Å²) in [5, 5.41) is 0. The van der Waals surface area contributed by atoms with Gasteiger partial charge < -0.3 is 10.5 Å². The van der Waals surface area contributed by atoms with Crippen molar-refractivity contribution in [2.24, 2.45) is 5.73 Å². The quantitative estimate of drug-likeness (QED) is 0.833. The van der Waals surface area contributed by atoms with Crippen molar-refractivity contribution in [1.82, 2.24) is 9.80 Å². The minimum atomic E-state index is 0.198. The minimum Gasteiger partial charge on any atom is -0.497 e. The molecule has 0 aliphatic carbocycles. The zero-order valence-electron chi connectivity index (χ0n) is 12.2. The topological polar surface area (TPSA) is 41.7 Å². The fourth-order valence-electron chi connectivity index (χ4n) is 2.52. The van der Waals surface area contributed by atoms with Gasteiger partial charge in [0.15, 0.2) is 0 Å². The Morgan fingerprint density at radius 2 is 2.05 bits per heavy atom. The Morgan fingerprint density at radius 1 is 1.35 bits per heavy atom. The summed E-state index contributed by atoms with van der Waals surface area (Å²) in [6.07, 6.45) is 0. The number of rotatable bonds is 5. The molecule has 0 bridgehead atoms. The zero-order valence-corrected chi connectivity index (χ0v) is 13.0. The summed E-state index contributed by atoms with van der Waals surface area (Å²) in [7, 11) is 1.70. The molecular weight excluding hydrogens is 270 g/mol. The molecule has 1 unspecified atom stereocenters. The fourth-order valence-corrected chi connectivity index (χ4v) is 2.67. The smallest absolute Gasteiger partial charge is 0.119 e. The third-order valence-electron chi connectivity index (χ3n) is 3.91. The lowest BCUT2D eigenvalue weighted by Crippen LogP contribution is -2.52. The Bertz CT molecular complexity index is 458. The Morgan fingerprint density at radius 3 is 2.65 bits per heavy atom. The molecule has 0 amide bonds. The van der Waals surface area contributed by atoms with Crippen molar-refractivity contribution in [2.45, 2.75) is 19.5 Å². The molecule has 2 rings (SSSR count). The van der Waals surface area contributed by atoms with Crippen molar-refractivity contribution in [3.63, 3.8) is 0 Å². The molecule has 1 aliphatic rings. The van der Waals surface area contributed by atoms with Gasteiger partial charge in [0.2, 0.25) is 0 Å². The van der Waals surface area contributed by atoms with Crippen LogP contribution in [0.25, 0.3) is 0 Å². The zero-order chi connectivity index (χ0) is 14.5. The molecule has 0 saturated carbocycles. The van der Waals surface area contributed by atoms with E-state index >= 15 is 0 Å². The predicted octanol–water partition coefficient (Wildman–Crippen LogP) is 1.49. The number of ether oxygens (including phenoxy) is 1. The SMILES string of the molecule is COc1cccc(CN2CCN(C(C)C(N)=S)CC2)c1. The van der Waals surface area contributed by atoms with Crippen LogP contribution >= 0.6 is 12.2 Å². The van der Waals surface area contributed by atoms with E-state index in [1.807, 2.05) is 12.1 Å². The van der Waals surface area contributed by atoms with Gasteiger partial charge in [0.05, 0.1) is 18.1 Å². The first kappa shape index (κ1) is 15.2. The Kier molecular flexibility index (Phi) is 5.34. The van der Waals surface area contributed by atoms with E-state index < -0.39 is 0 Å². The van der Waals surface area contributed by atoms with Crippen LogP contribution in [0.4, 0.5) is 0 Å². The van der Waals surface area contributed by atoms with E-state index in [2.05, 4.69) is 28.9 Å². The van der Waals surface area contributed by atoms with Crippen LogP contribution in [-0.2, 0) is 6.54 Å². The fraction of sp³-hybridized carbons (Fsp3) is 0.533. The van der Waals surface area contributed by atoms with E-state index in [9.17, 15) is 0 Å². The number of nitrogens with zero attached hydrogens (tertiary/aromatic N) is 2. The van der Waals surface area contributed by atoms with Crippen molar-refractivity contribution in [2.75, 3.05) is 33.3 Å². The first-order valence-corrected chi connectivity index (χ1v) is 7.39. The summed E-state index contributed by atoms with van der Waals surface area (Å²) >= 11 is 5.07. The minimum absolute atomic E-state index is 0.198. The van der Waals surface area contributed by atoms with Gasteiger partial charge in [0.1, 0.15) is 5.75 Å². The van der Waals surface area contributed by atoms with Crippen LogP contribution in [0.5, 0.6) is 5.75 Å². The van der Waals surface area contributed by atoms with Gasteiger partial charge in [0, 0.05) is 32.7 Å². The number of benzene rings is 1. The van der Waals surface area contributed by atoms with E-state index in [-0.39, 0.29) is 6.04 Å². The maximum atomic E-state index is 5.72. The molecule has 1 fully saturated rings. The number of nitrogens with two attached hydrogens (primary N) is 1. The van der Waals surface area contributed by atoms with Crippen LogP contribution in [-0.4, -0.2) is 54.1 Å². The highest BCUT2D eigenvalue weighted by molar-refractivity contribution is 7.80. The number of methoxy groups -OCH3 is 1. The third kappa shape index (κ3) is 3.91. The van der Waals surface area contributed by atoms with E-state index in [4.69, 9.17) is 22.7 Å². The maximum Gasteiger partial charge on any atom is 0.119 e. The van der Waals surface area contributed by atoms with E-state index in [0.29, 0.717) is 4.99 Å². The van der Waals surface area contributed by atoms with Crippen molar-refractivity contribution in [3.05, 3.63) is 29.8 Å². The second-order valence-electron chi connectivity index (χ2n) is 5.24. The molecule has 1 saturated heterocycles. The highest BCUT2D eigenvalue weighted by Crippen LogP contribution is 2.16. The van der Waals surface area contributed by atoms with Gasteiger partial charge in [0.25, 0.3) is 0 Å². The van der Waals surface area contributed by atoms with Crippen LogP contribution < -0.4 is 10.5 Å². The number of hydrogen-bond acceptors (Lipinski definition) is 4. The second-order valence-corrected chi connectivity index (χ2v) is 5.71. The number of hydrogen-bond donors (Lipinski definition) is 1. The highest BCUT2D eigenvalue weighted by Gasteiger charge is 2.22. The standard InChI is InChI=1S/C15H23N3OS/c1-12(15(16)20)18-8-6-17(7-9-18)11-13-4-3-5-14(10-13)19-2/h3-5,10,12H,6-9,11H2,1-2H3,(H2,16,20). The number of piperazine rings is 1. The van der Waals surface area contributed by atoms with E-state index in [0.717, 1.165) is 38.5 Å². The molecule has 1 heterocycles. The Balaban J connectivity index is 1.86. The van der Waals surface area contributed by atoms with Gasteiger partial charge in [-0.2, -0.15) is 0 Å². The summed E-state index contributed by atoms with van der Waals surface area (Å²) < 4.78 is 5.26. The first-order chi connectivity index (χ1) is 9.60. The molecule has 0 aromatic heterocycles. The Labute approximate surface area is 126 Å². The molecule has 110 valence electrons. The van der Waals surface area contributed by atoms with E-state index in [1.54, 1.807) is 7.11 Å². The molecule has 1 atom stereocenters. The largest absolute Gasteiger partial charge is 0.497 e. The number of thiocarbonyl (C=S) groups is 1. The van der Waals surface area contributed by atoms with Gasteiger partial charge >= 0.3 is 0 Å². The van der Waals surface area contributed by atoms with Crippen molar-refractivity contribution >= 4 is 17.2 Å². The molecule has 1 aromatic carbocycles. The van der Waals surface area contributed by atoms with Crippen molar-refractivity contribution in [1.29, 1.82) is 0 Å². The lowest BCUT2D eigenvalue weighted by Gasteiger charge is -2.37. The van der Waals surface area contributed by atoms with Gasteiger partial charge in [-0.25, -0.2) is 0 Å². The molecule has 2 N–H and O–H groups in total. The summed E-state index contributed by atoms with van der Waals surface area (Å²) in [5.41, 5.74) is 7.01. The molecule has 1 aliphatic heterocycles. The van der Waals surface area contributed by atoms with Crippen LogP contribution in [0.2, 0.25) is 0 Å². The summed E-state index contributed by atoms with van der Waals surface area (Å²) in [6, 6.07) is 8.46. The van der Waals surface area contributed by atoms with Crippen LogP contribution in [0.3, 0.4) is 0 Å². The molecule has 0 radical (unpaired) electrons. The molecule has 20 heavy (non-hydrogen) atoms. The summed E-state index contributed by atoms with van der Waals surface area (Å²) in [6.45, 7) is 7.17. The molecule has 1 aromatic rings. The monoisotopic (exact) mass is 293 g/mol. The van der Waals surface area contributed by atoms with Gasteiger partial charge in [-0.05, 0) is 24.6 Å². The van der Waals surface area contributed by atoms with Crippen LogP contribution in [0.1, 0.15) is 12.5 Å². The third-order valence-corrected chi connectivity index (χ3v) is 4.25. The van der Waals surface area contributed by atoms with Crippen LogP contribution in [0, 0.1) is 0 Å². The lowest BCUT2D eigenvalue weighted by molar-refractivity contribution is 0.118. The van der Waals surface area contributed by atoms with Crippen molar-refractivity contribution < 1.29 is 4.74 Å². The van der Waals surface area contributed by atoms with Gasteiger partial charge in [-0.1, -0.05) is 24.4 Å². The second kappa shape index (κ2) is 7.02. The van der Waals surface area contributed by atoms with Gasteiger partial charge in [-0.15, -0.1) is 0 Å². The average molecular weight is 293 g/mol. The lowest BCUT2D eigenvalue weighted by atomic mass is 10.1. The Hall–Kier alpha value is -1.17. The first-order valence-electron chi connectivity index (χ1n) is 6.99. The highest BCUT2D eigenvalue weighted by atomic mass is 32.1. The summed E-state index contributed by atoms with van der Waals surface area (Å²) in [4.78, 5) is 5.40. The average Bonchev–Trinajstić information content (AvgIpc) is 2.47. The molecule has 4 nitrogen and oxygen atoms in total. The van der Waals surface area contributed by atoms with Crippen molar-refractivity contribution in [3.8, 4) is 5.75 Å². The van der Waals surface area contributed by atoms with Crippen LogP contribution in [0.15, 0.2) is 24.3 Å². The normalized spacial score (nSPS) is 18.7. The molecule has 0 spiro atoms. The summed E-state index contributed by atoms with van der Waals surface area (Å²) in [5.74, 6) is 0.920. The molecular formula is C15H23N3OS. The molecule has 5 heteroatoms.